The van der Waals surface area contributed by atoms with Crippen LogP contribution in [0.2, 0.25) is 0 Å². The van der Waals surface area contributed by atoms with E-state index in [0.29, 0.717) is 30.2 Å². The second-order valence-electron chi connectivity index (χ2n) is 8.10. The van der Waals surface area contributed by atoms with E-state index in [2.05, 4.69) is 5.32 Å². The fraction of sp³-hybridized carbons (Fsp3) is 0.231. The van der Waals surface area contributed by atoms with Crippen LogP contribution >= 0.6 is 0 Å². The fourth-order valence-electron chi connectivity index (χ4n) is 4.07. The smallest absolute Gasteiger partial charge is 0.336 e. The number of hydrogen-bond donors (Lipinski definition) is 2. The van der Waals surface area contributed by atoms with Gasteiger partial charge in [-0.15, -0.1) is 0 Å². The van der Waals surface area contributed by atoms with Crippen molar-refractivity contribution in [3.05, 3.63) is 87.3 Å². The highest BCUT2D eigenvalue weighted by molar-refractivity contribution is 5.91. The molecule has 0 aliphatic rings. The van der Waals surface area contributed by atoms with Crippen molar-refractivity contribution in [2.24, 2.45) is 14.1 Å². The summed E-state index contributed by atoms with van der Waals surface area (Å²) in [4.78, 5) is 23.7. The third-order valence-corrected chi connectivity index (χ3v) is 6.03. The lowest BCUT2D eigenvalue weighted by molar-refractivity contribution is 0.0696. The number of hydrogen-bond acceptors (Lipinski definition) is 5. The number of nitrogens with zero attached hydrogens (tertiary/aromatic N) is 2. The van der Waals surface area contributed by atoms with Crippen LogP contribution in [0.3, 0.4) is 0 Å². The van der Waals surface area contributed by atoms with Gasteiger partial charge in [0.25, 0.3) is 0 Å². The molecule has 0 aliphatic heterocycles. The molecule has 0 saturated carbocycles. The highest BCUT2D eigenvalue weighted by atomic mass is 16.5. The number of anilines is 1. The summed E-state index contributed by atoms with van der Waals surface area (Å²) in [5.74, 6) is 0.245. The van der Waals surface area contributed by atoms with Gasteiger partial charge < -0.3 is 19.9 Å². The zero-order valence-corrected chi connectivity index (χ0v) is 19.6. The third kappa shape index (κ3) is 4.22. The van der Waals surface area contributed by atoms with Gasteiger partial charge in [0.2, 0.25) is 0 Å². The summed E-state index contributed by atoms with van der Waals surface area (Å²) in [6.45, 7) is 2.49. The molecule has 0 aliphatic carbocycles. The molecule has 8 heteroatoms. The fourth-order valence-corrected chi connectivity index (χ4v) is 4.07. The van der Waals surface area contributed by atoms with Crippen LogP contribution in [0.15, 0.2) is 59.4 Å². The lowest BCUT2D eigenvalue weighted by Crippen LogP contribution is -2.19. The van der Waals surface area contributed by atoms with Crippen LogP contribution in [0.1, 0.15) is 27.0 Å². The van der Waals surface area contributed by atoms with Crippen LogP contribution in [-0.2, 0) is 27.2 Å². The average molecular weight is 462 g/mol. The maximum absolute atomic E-state index is 12.2. The van der Waals surface area contributed by atoms with E-state index in [1.807, 2.05) is 42.5 Å². The quantitative estimate of drug-likeness (QED) is 0.411. The number of aromatic carboxylic acids is 1. The maximum atomic E-state index is 12.2. The molecule has 34 heavy (non-hydrogen) atoms. The van der Waals surface area contributed by atoms with Crippen molar-refractivity contribution in [2.45, 2.75) is 20.1 Å². The molecule has 1 heterocycles. The van der Waals surface area contributed by atoms with Gasteiger partial charge in [-0.3, -0.25) is 9.13 Å². The van der Waals surface area contributed by atoms with Crippen molar-refractivity contribution in [3.8, 4) is 11.5 Å². The summed E-state index contributed by atoms with van der Waals surface area (Å²) in [6, 6.07) is 16.6. The van der Waals surface area contributed by atoms with Gasteiger partial charge in [0.05, 0.1) is 23.7 Å². The standard InChI is InChI=1S/C26H27N3O5/c1-16-19(25(30)31)8-6-9-20(16)27-14-18-7-5-10-23(33-4)24(18)34-15-17-11-12-21-22(13-17)29(3)26(32)28(21)2/h5-13,27H,14-15H2,1-4H3,(H,30,31). The van der Waals surface area contributed by atoms with E-state index >= 15 is 0 Å². The van der Waals surface area contributed by atoms with Gasteiger partial charge in [0.1, 0.15) is 6.61 Å². The molecule has 2 N–H and O–H groups in total. The number of carboxylic acids is 1. The molecule has 0 bridgehead atoms. The second-order valence-corrected chi connectivity index (χ2v) is 8.10. The van der Waals surface area contributed by atoms with Gasteiger partial charge in [-0.05, 0) is 48.4 Å². The number of methoxy groups -OCH3 is 1. The molecule has 4 aromatic rings. The van der Waals surface area contributed by atoms with Gasteiger partial charge in [0, 0.05) is 31.9 Å². The molecular formula is C26H27N3O5. The molecule has 0 amide bonds. The van der Waals surface area contributed by atoms with Crippen molar-refractivity contribution in [2.75, 3.05) is 12.4 Å². The highest BCUT2D eigenvalue weighted by Gasteiger charge is 2.14. The number of imidazole rings is 1. The van der Waals surface area contributed by atoms with E-state index in [1.54, 1.807) is 49.4 Å². The van der Waals surface area contributed by atoms with Crippen molar-refractivity contribution in [3.63, 3.8) is 0 Å². The molecule has 0 saturated heterocycles. The molecule has 0 spiro atoms. The highest BCUT2D eigenvalue weighted by Crippen LogP contribution is 2.33. The summed E-state index contributed by atoms with van der Waals surface area (Å²) >= 11 is 0. The van der Waals surface area contributed by atoms with Crippen LogP contribution in [0.25, 0.3) is 11.0 Å². The van der Waals surface area contributed by atoms with Crippen molar-refractivity contribution in [1.29, 1.82) is 0 Å². The Bertz CT molecular complexity index is 1430. The molecule has 0 radical (unpaired) electrons. The Morgan fingerprint density at radius 1 is 1.03 bits per heavy atom. The Kier molecular flexibility index (Phi) is 6.32. The van der Waals surface area contributed by atoms with Gasteiger partial charge in [-0.2, -0.15) is 0 Å². The van der Waals surface area contributed by atoms with Crippen LogP contribution in [0.4, 0.5) is 5.69 Å². The molecule has 0 fully saturated rings. The molecular weight excluding hydrogens is 434 g/mol. The van der Waals surface area contributed by atoms with E-state index in [-0.39, 0.29) is 11.3 Å². The molecule has 176 valence electrons. The number of fused-ring (bicyclic) bond motifs is 1. The molecule has 0 atom stereocenters. The third-order valence-electron chi connectivity index (χ3n) is 6.03. The number of aromatic nitrogens is 2. The van der Waals surface area contributed by atoms with E-state index < -0.39 is 5.97 Å². The van der Waals surface area contributed by atoms with E-state index in [9.17, 15) is 14.7 Å². The molecule has 4 rings (SSSR count). The lowest BCUT2D eigenvalue weighted by Gasteiger charge is -2.17. The Labute approximate surface area is 197 Å². The summed E-state index contributed by atoms with van der Waals surface area (Å²) in [7, 11) is 5.09. The Hall–Kier alpha value is -4.20. The monoisotopic (exact) mass is 461 g/mol. The lowest BCUT2D eigenvalue weighted by atomic mass is 10.1. The first-order valence-electron chi connectivity index (χ1n) is 10.8. The zero-order chi connectivity index (χ0) is 24.4. The van der Waals surface area contributed by atoms with Crippen molar-refractivity contribution < 1.29 is 19.4 Å². The summed E-state index contributed by atoms with van der Waals surface area (Å²) in [5, 5.41) is 12.7. The summed E-state index contributed by atoms with van der Waals surface area (Å²) in [6.07, 6.45) is 0. The van der Waals surface area contributed by atoms with E-state index in [1.165, 1.54) is 0 Å². The summed E-state index contributed by atoms with van der Waals surface area (Å²) < 4.78 is 15.0. The van der Waals surface area contributed by atoms with Gasteiger partial charge >= 0.3 is 11.7 Å². The normalized spacial score (nSPS) is 10.9. The van der Waals surface area contributed by atoms with Crippen molar-refractivity contribution in [1.82, 2.24) is 9.13 Å². The van der Waals surface area contributed by atoms with Crippen LogP contribution < -0.4 is 20.5 Å². The summed E-state index contributed by atoms with van der Waals surface area (Å²) in [5.41, 5.74) is 5.08. The number of benzene rings is 3. The van der Waals surface area contributed by atoms with Gasteiger partial charge in [-0.25, -0.2) is 9.59 Å². The Morgan fingerprint density at radius 2 is 1.76 bits per heavy atom. The first kappa shape index (κ1) is 23.0. The molecule has 8 nitrogen and oxygen atoms in total. The second kappa shape index (κ2) is 9.35. The predicted octanol–water partition coefficient (Wildman–Crippen LogP) is 4.08. The predicted molar refractivity (Wildman–Crippen MR) is 131 cm³/mol. The van der Waals surface area contributed by atoms with Gasteiger partial charge in [-0.1, -0.05) is 24.3 Å². The number of rotatable bonds is 8. The first-order valence-corrected chi connectivity index (χ1v) is 10.8. The first-order chi connectivity index (χ1) is 16.3. The van der Waals surface area contributed by atoms with Crippen molar-refractivity contribution >= 4 is 22.7 Å². The van der Waals surface area contributed by atoms with E-state index in [0.717, 1.165) is 27.8 Å². The number of ether oxygens (including phenoxy) is 2. The molecule has 1 aromatic heterocycles. The minimum atomic E-state index is -0.959. The molecule has 0 unspecified atom stereocenters. The molecule has 3 aromatic carbocycles. The SMILES string of the molecule is COc1cccc(CNc2cccc(C(=O)O)c2C)c1OCc1ccc2c(c1)n(C)c(=O)n2C. The number of carboxylic acid groups (broad SMARTS) is 1. The zero-order valence-electron chi connectivity index (χ0n) is 19.6. The van der Waals surface area contributed by atoms with Crippen LogP contribution in [-0.4, -0.2) is 27.3 Å². The van der Waals surface area contributed by atoms with E-state index in [4.69, 9.17) is 9.47 Å². The maximum Gasteiger partial charge on any atom is 0.336 e. The number of nitrogens with one attached hydrogen (secondary N) is 1. The number of para-hydroxylation sites is 1. The van der Waals surface area contributed by atoms with Gasteiger partial charge in [0.15, 0.2) is 11.5 Å². The van der Waals surface area contributed by atoms with Crippen LogP contribution in [0.5, 0.6) is 11.5 Å². The minimum Gasteiger partial charge on any atom is -0.493 e. The Balaban J connectivity index is 1.58. The minimum absolute atomic E-state index is 0.0755. The topological polar surface area (TPSA) is 94.7 Å². The number of carbonyl (C=O) groups is 1. The Morgan fingerprint density at radius 3 is 2.50 bits per heavy atom. The largest absolute Gasteiger partial charge is 0.493 e. The van der Waals surface area contributed by atoms with Crippen LogP contribution in [0, 0.1) is 6.92 Å². The average Bonchev–Trinajstić information content (AvgIpc) is 3.05. The number of aryl methyl sites for hydroxylation is 2.